The van der Waals surface area contributed by atoms with Crippen molar-refractivity contribution in [3.63, 3.8) is 0 Å². The molecular formula is C16H17F3N2. The lowest BCUT2D eigenvalue weighted by molar-refractivity contribution is 0.0171. The lowest BCUT2D eigenvalue weighted by atomic mass is 10.1. The minimum absolute atomic E-state index is 0.117. The Balaban J connectivity index is 1.99. The van der Waals surface area contributed by atoms with Crippen molar-refractivity contribution in [1.29, 1.82) is 0 Å². The fraction of sp³-hybridized carbons (Fsp3) is 0.312. The summed E-state index contributed by atoms with van der Waals surface area (Å²) in [4.78, 5) is 4.00. The van der Waals surface area contributed by atoms with Gasteiger partial charge in [-0.2, -0.15) is 0 Å². The third-order valence-corrected chi connectivity index (χ3v) is 3.29. The molecule has 0 amide bonds. The summed E-state index contributed by atoms with van der Waals surface area (Å²) in [6, 6.07) is 9.24. The largest absolute Gasteiger partial charge is 0.304 e. The fourth-order valence-corrected chi connectivity index (χ4v) is 1.98. The van der Waals surface area contributed by atoms with Crippen LogP contribution < -0.4 is 5.32 Å². The molecule has 2 rings (SSSR count). The number of alkyl halides is 2. The standard InChI is InChI=1S/C16H17F3N2/c1-11(14-5-3-4-6-15(14)17)20-10-13-8-7-12(9-21-13)16(2,18)19/h3-9,11,20H,10H2,1-2H3/t11-/m1/s1. The van der Waals surface area contributed by atoms with Crippen LogP contribution in [-0.4, -0.2) is 4.98 Å². The number of nitrogens with zero attached hydrogens (tertiary/aromatic N) is 1. The first-order valence-electron chi connectivity index (χ1n) is 6.69. The molecule has 1 atom stereocenters. The minimum Gasteiger partial charge on any atom is -0.304 e. The zero-order chi connectivity index (χ0) is 15.5. The van der Waals surface area contributed by atoms with E-state index in [0.29, 0.717) is 17.8 Å². The van der Waals surface area contributed by atoms with Crippen LogP contribution in [0, 0.1) is 5.82 Å². The van der Waals surface area contributed by atoms with Gasteiger partial charge in [-0.15, -0.1) is 0 Å². The zero-order valence-corrected chi connectivity index (χ0v) is 11.9. The van der Waals surface area contributed by atoms with E-state index < -0.39 is 5.92 Å². The molecule has 5 heteroatoms. The Morgan fingerprint density at radius 1 is 1.19 bits per heavy atom. The van der Waals surface area contributed by atoms with Gasteiger partial charge in [-0.05, 0) is 25.1 Å². The van der Waals surface area contributed by atoms with E-state index in [1.165, 1.54) is 18.3 Å². The SMILES string of the molecule is C[C@@H](NCc1ccc(C(C)(F)F)cn1)c1ccccc1F. The first kappa shape index (κ1) is 15.5. The van der Waals surface area contributed by atoms with Gasteiger partial charge in [-0.25, -0.2) is 13.2 Å². The summed E-state index contributed by atoms with van der Waals surface area (Å²) in [6.45, 7) is 3.06. The predicted molar refractivity (Wildman–Crippen MR) is 75.5 cm³/mol. The first-order chi connectivity index (χ1) is 9.88. The van der Waals surface area contributed by atoms with Gasteiger partial charge in [0.1, 0.15) is 5.82 Å². The Morgan fingerprint density at radius 3 is 2.48 bits per heavy atom. The van der Waals surface area contributed by atoms with E-state index in [-0.39, 0.29) is 17.4 Å². The first-order valence-corrected chi connectivity index (χ1v) is 6.69. The van der Waals surface area contributed by atoms with Crippen LogP contribution in [0.4, 0.5) is 13.2 Å². The highest BCUT2D eigenvalue weighted by molar-refractivity contribution is 5.21. The van der Waals surface area contributed by atoms with E-state index in [1.54, 1.807) is 24.3 Å². The molecule has 2 nitrogen and oxygen atoms in total. The fourth-order valence-electron chi connectivity index (χ4n) is 1.98. The molecule has 0 spiro atoms. The second kappa shape index (κ2) is 6.26. The number of rotatable bonds is 5. The average molecular weight is 294 g/mol. The van der Waals surface area contributed by atoms with Crippen molar-refractivity contribution in [2.45, 2.75) is 32.4 Å². The second-order valence-electron chi connectivity index (χ2n) is 5.05. The van der Waals surface area contributed by atoms with Crippen molar-refractivity contribution < 1.29 is 13.2 Å². The second-order valence-corrected chi connectivity index (χ2v) is 5.05. The summed E-state index contributed by atoms with van der Waals surface area (Å²) in [5, 5.41) is 3.12. The molecule has 1 heterocycles. The van der Waals surface area contributed by atoms with Crippen LogP contribution in [0.1, 0.15) is 36.7 Å². The number of benzene rings is 1. The lowest BCUT2D eigenvalue weighted by Crippen LogP contribution is -2.20. The molecule has 1 aromatic heterocycles. The maximum Gasteiger partial charge on any atom is 0.272 e. The van der Waals surface area contributed by atoms with Gasteiger partial charge in [0.15, 0.2) is 0 Å². The van der Waals surface area contributed by atoms with Crippen LogP contribution in [0.2, 0.25) is 0 Å². The van der Waals surface area contributed by atoms with Crippen molar-refractivity contribution in [1.82, 2.24) is 10.3 Å². The van der Waals surface area contributed by atoms with Gasteiger partial charge in [0, 0.05) is 36.8 Å². The summed E-state index contributed by atoms with van der Waals surface area (Å²) in [5.41, 5.74) is 1.08. The van der Waals surface area contributed by atoms with E-state index in [1.807, 2.05) is 6.92 Å². The lowest BCUT2D eigenvalue weighted by Gasteiger charge is -2.15. The molecule has 0 saturated heterocycles. The summed E-state index contributed by atoms with van der Waals surface area (Å²) >= 11 is 0. The number of hydrogen-bond acceptors (Lipinski definition) is 2. The average Bonchev–Trinajstić information content (AvgIpc) is 2.45. The van der Waals surface area contributed by atoms with Crippen molar-refractivity contribution in [3.05, 3.63) is 65.2 Å². The molecule has 0 fully saturated rings. The molecule has 0 aliphatic rings. The molecule has 0 bridgehead atoms. The maximum atomic E-state index is 13.6. The number of nitrogens with one attached hydrogen (secondary N) is 1. The third kappa shape index (κ3) is 4.04. The van der Waals surface area contributed by atoms with Gasteiger partial charge in [-0.3, -0.25) is 4.98 Å². The highest BCUT2D eigenvalue weighted by Crippen LogP contribution is 2.26. The number of pyridine rings is 1. The van der Waals surface area contributed by atoms with Crippen LogP contribution in [0.5, 0.6) is 0 Å². The Morgan fingerprint density at radius 2 is 1.90 bits per heavy atom. The zero-order valence-electron chi connectivity index (χ0n) is 11.9. The third-order valence-electron chi connectivity index (χ3n) is 3.29. The molecule has 0 radical (unpaired) electrons. The van der Waals surface area contributed by atoms with Crippen LogP contribution in [-0.2, 0) is 12.5 Å². The highest BCUT2D eigenvalue weighted by atomic mass is 19.3. The molecular weight excluding hydrogens is 277 g/mol. The monoisotopic (exact) mass is 294 g/mol. The normalized spacial score (nSPS) is 13.2. The molecule has 1 N–H and O–H groups in total. The predicted octanol–water partition coefficient (Wildman–Crippen LogP) is 4.18. The van der Waals surface area contributed by atoms with E-state index >= 15 is 0 Å². The van der Waals surface area contributed by atoms with Gasteiger partial charge in [-0.1, -0.05) is 18.2 Å². The molecule has 0 unspecified atom stereocenters. The number of aromatic nitrogens is 1. The smallest absolute Gasteiger partial charge is 0.272 e. The molecule has 0 saturated carbocycles. The van der Waals surface area contributed by atoms with Crippen LogP contribution in [0.3, 0.4) is 0 Å². The number of halogens is 3. The van der Waals surface area contributed by atoms with Crippen molar-refractivity contribution in [2.24, 2.45) is 0 Å². The van der Waals surface area contributed by atoms with Crippen molar-refractivity contribution in [3.8, 4) is 0 Å². The van der Waals surface area contributed by atoms with Crippen molar-refractivity contribution >= 4 is 0 Å². The number of hydrogen-bond donors (Lipinski definition) is 1. The summed E-state index contributed by atoms with van der Waals surface area (Å²) < 4.78 is 39.7. The van der Waals surface area contributed by atoms with Crippen LogP contribution in [0.15, 0.2) is 42.6 Å². The molecule has 1 aromatic carbocycles. The Labute approximate surface area is 122 Å². The maximum absolute atomic E-state index is 13.6. The van der Waals surface area contributed by atoms with E-state index in [0.717, 1.165) is 6.92 Å². The Bertz CT molecular complexity index is 591. The highest BCUT2D eigenvalue weighted by Gasteiger charge is 2.24. The molecule has 112 valence electrons. The molecule has 0 aliphatic heterocycles. The summed E-state index contributed by atoms with van der Waals surface area (Å²) in [5.74, 6) is -3.16. The molecule has 21 heavy (non-hydrogen) atoms. The van der Waals surface area contributed by atoms with E-state index in [2.05, 4.69) is 10.3 Å². The van der Waals surface area contributed by atoms with E-state index in [4.69, 9.17) is 0 Å². The van der Waals surface area contributed by atoms with Gasteiger partial charge in [0.2, 0.25) is 0 Å². The summed E-state index contributed by atoms with van der Waals surface area (Å²) in [6.07, 6.45) is 1.17. The Kier molecular flexibility index (Phi) is 4.63. The van der Waals surface area contributed by atoms with Gasteiger partial charge < -0.3 is 5.32 Å². The van der Waals surface area contributed by atoms with Crippen LogP contribution in [0.25, 0.3) is 0 Å². The Hall–Kier alpha value is -1.88. The minimum atomic E-state index is -2.89. The molecule has 0 aliphatic carbocycles. The van der Waals surface area contributed by atoms with Gasteiger partial charge in [0.05, 0.1) is 5.69 Å². The molecule has 2 aromatic rings. The van der Waals surface area contributed by atoms with Crippen LogP contribution >= 0.6 is 0 Å². The van der Waals surface area contributed by atoms with E-state index in [9.17, 15) is 13.2 Å². The summed E-state index contributed by atoms with van der Waals surface area (Å²) in [7, 11) is 0. The van der Waals surface area contributed by atoms with Gasteiger partial charge >= 0.3 is 0 Å². The van der Waals surface area contributed by atoms with Crippen molar-refractivity contribution in [2.75, 3.05) is 0 Å². The van der Waals surface area contributed by atoms with Gasteiger partial charge in [0.25, 0.3) is 5.92 Å². The topological polar surface area (TPSA) is 24.9 Å². The quantitative estimate of drug-likeness (QED) is 0.894.